The molecule has 130 valence electrons. The van der Waals surface area contributed by atoms with Crippen molar-refractivity contribution in [1.82, 2.24) is 10.2 Å². The zero-order valence-corrected chi connectivity index (χ0v) is 15.3. The SMILES string of the molecule is COc1cccc(Nc2ccc(NS(=O)(=O)c3ccc(Cl)s3)nn2)c1. The van der Waals surface area contributed by atoms with Crippen molar-refractivity contribution in [3.8, 4) is 5.75 Å². The number of methoxy groups -OCH3 is 1. The Balaban J connectivity index is 1.71. The third-order valence-electron chi connectivity index (χ3n) is 3.06. The smallest absolute Gasteiger partial charge is 0.272 e. The van der Waals surface area contributed by atoms with E-state index in [1.807, 2.05) is 18.2 Å². The van der Waals surface area contributed by atoms with Gasteiger partial charge in [-0.05, 0) is 36.4 Å². The first-order chi connectivity index (χ1) is 12.0. The molecule has 3 rings (SSSR count). The van der Waals surface area contributed by atoms with Crippen molar-refractivity contribution in [3.05, 3.63) is 52.9 Å². The van der Waals surface area contributed by atoms with Crippen LogP contribution in [0, 0.1) is 0 Å². The van der Waals surface area contributed by atoms with E-state index in [0.29, 0.717) is 15.9 Å². The normalized spacial score (nSPS) is 11.1. The van der Waals surface area contributed by atoms with Gasteiger partial charge in [0, 0.05) is 11.8 Å². The fourth-order valence-electron chi connectivity index (χ4n) is 1.93. The highest BCUT2D eigenvalue weighted by atomic mass is 35.5. The van der Waals surface area contributed by atoms with Crippen LogP contribution in [0.3, 0.4) is 0 Å². The van der Waals surface area contributed by atoms with Crippen LogP contribution < -0.4 is 14.8 Å². The third-order valence-corrected chi connectivity index (χ3v) is 6.14. The Morgan fingerprint density at radius 3 is 2.48 bits per heavy atom. The summed E-state index contributed by atoms with van der Waals surface area (Å²) >= 11 is 6.73. The van der Waals surface area contributed by atoms with E-state index < -0.39 is 10.0 Å². The zero-order chi connectivity index (χ0) is 17.9. The summed E-state index contributed by atoms with van der Waals surface area (Å²) in [5.41, 5.74) is 0.773. The minimum atomic E-state index is -3.73. The van der Waals surface area contributed by atoms with Crippen molar-refractivity contribution < 1.29 is 13.2 Å². The molecule has 0 aliphatic heterocycles. The first-order valence-corrected chi connectivity index (χ1v) is 9.67. The molecular formula is C15H13ClN4O3S2. The van der Waals surface area contributed by atoms with Crippen molar-refractivity contribution >= 4 is 50.3 Å². The molecule has 0 aliphatic carbocycles. The number of ether oxygens (including phenoxy) is 1. The van der Waals surface area contributed by atoms with Gasteiger partial charge in [0.25, 0.3) is 10.0 Å². The molecule has 0 unspecified atom stereocenters. The second-order valence-corrected chi connectivity index (χ2v) is 8.45. The molecular weight excluding hydrogens is 384 g/mol. The molecule has 0 aliphatic rings. The second-order valence-electron chi connectivity index (χ2n) is 4.82. The predicted molar refractivity (Wildman–Crippen MR) is 98.4 cm³/mol. The van der Waals surface area contributed by atoms with Crippen LogP contribution in [0.25, 0.3) is 0 Å². The van der Waals surface area contributed by atoms with E-state index in [2.05, 4.69) is 20.2 Å². The number of anilines is 3. The lowest BCUT2D eigenvalue weighted by Crippen LogP contribution is -2.13. The molecule has 1 aromatic carbocycles. The van der Waals surface area contributed by atoms with Crippen molar-refractivity contribution in [2.75, 3.05) is 17.1 Å². The van der Waals surface area contributed by atoms with Gasteiger partial charge >= 0.3 is 0 Å². The predicted octanol–water partition coefficient (Wildman–Crippen LogP) is 3.74. The minimum absolute atomic E-state index is 0.109. The maximum Gasteiger partial charge on any atom is 0.272 e. The van der Waals surface area contributed by atoms with Crippen molar-refractivity contribution in [2.45, 2.75) is 4.21 Å². The number of thiophene rings is 1. The zero-order valence-electron chi connectivity index (χ0n) is 12.9. The molecule has 0 bridgehead atoms. The highest BCUT2D eigenvalue weighted by Crippen LogP contribution is 2.27. The standard InChI is InChI=1S/C15H13ClN4O3S2/c1-23-11-4-2-3-10(9-11)17-13-6-7-14(19-18-13)20-25(21,22)15-8-5-12(16)24-15/h2-9H,1H3,(H,17,18)(H,19,20). The number of benzene rings is 1. The van der Waals surface area contributed by atoms with Crippen molar-refractivity contribution in [1.29, 1.82) is 0 Å². The monoisotopic (exact) mass is 396 g/mol. The number of halogens is 1. The van der Waals surface area contributed by atoms with Crippen LogP contribution in [0.1, 0.15) is 0 Å². The number of rotatable bonds is 6. The number of hydrogen-bond acceptors (Lipinski definition) is 7. The lowest BCUT2D eigenvalue weighted by Gasteiger charge is -2.08. The summed E-state index contributed by atoms with van der Waals surface area (Å²) in [4.78, 5) is 0. The maximum absolute atomic E-state index is 12.2. The quantitative estimate of drug-likeness (QED) is 0.659. The molecule has 25 heavy (non-hydrogen) atoms. The molecule has 0 amide bonds. The fraction of sp³-hybridized carbons (Fsp3) is 0.0667. The first kappa shape index (κ1) is 17.5. The molecule has 10 heteroatoms. The van der Waals surface area contributed by atoms with E-state index in [0.717, 1.165) is 17.0 Å². The van der Waals surface area contributed by atoms with Gasteiger partial charge in [0.1, 0.15) is 9.96 Å². The van der Waals surface area contributed by atoms with Crippen LogP contribution in [0.5, 0.6) is 5.75 Å². The van der Waals surface area contributed by atoms with Crippen molar-refractivity contribution in [2.24, 2.45) is 0 Å². The van der Waals surface area contributed by atoms with Crippen LogP contribution in [-0.2, 0) is 10.0 Å². The Kier molecular flexibility index (Phi) is 5.07. The van der Waals surface area contributed by atoms with Gasteiger partial charge in [-0.2, -0.15) is 0 Å². The Hall–Kier alpha value is -2.36. The fourth-order valence-corrected chi connectivity index (χ4v) is 4.41. The molecule has 3 aromatic rings. The molecule has 0 spiro atoms. The largest absolute Gasteiger partial charge is 0.497 e. The number of sulfonamides is 1. The van der Waals surface area contributed by atoms with E-state index in [4.69, 9.17) is 16.3 Å². The summed E-state index contributed by atoms with van der Waals surface area (Å²) in [6.07, 6.45) is 0. The number of hydrogen-bond donors (Lipinski definition) is 2. The molecule has 0 saturated heterocycles. The Labute approximate surface area is 153 Å². The summed E-state index contributed by atoms with van der Waals surface area (Å²) in [5.74, 6) is 1.29. The Bertz CT molecular complexity index is 974. The van der Waals surface area contributed by atoms with Crippen LogP contribution >= 0.6 is 22.9 Å². The van der Waals surface area contributed by atoms with Gasteiger partial charge in [0.2, 0.25) is 0 Å². The highest BCUT2D eigenvalue weighted by Gasteiger charge is 2.17. The summed E-state index contributed by atoms with van der Waals surface area (Å²) in [7, 11) is -2.14. The summed E-state index contributed by atoms with van der Waals surface area (Å²) in [5, 5.41) is 10.9. The van der Waals surface area contributed by atoms with Crippen LogP contribution in [0.2, 0.25) is 4.34 Å². The van der Waals surface area contributed by atoms with E-state index in [9.17, 15) is 8.42 Å². The molecule has 0 saturated carbocycles. The molecule has 0 fully saturated rings. The van der Waals surface area contributed by atoms with Gasteiger partial charge in [-0.3, -0.25) is 4.72 Å². The molecule has 2 N–H and O–H groups in total. The van der Waals surface area contributed by atoms with Gasteiger partial charge < -0.3 is 10.1 Å². The molecule has 0 atom stereocenters. The number of aromatic nitrogens is 2. The van der Waals surface area contributed by atoms with Gasteiger partial charge in [0.05, 0.1) is 11.4 Å². The number of nitrogens with zero attached hydrogens (tertiary/aromatic N) is 2. The van der Waals surface area contributed by atoms with Crippen LogP contribution in [-0.4, -0.2) is 25.7 Å². The lowest BCUT2D eigenvalue weighted by molar-refractivity contribution is 0.415. The van der Waals surface area contributed by atoms with Crippen molar-refractivity contribution in [3.63, 3.8) is 0 Å². The molecule has 7 nitrogen and oxygen atoms in total. The average Bonchev–Trinajstić information content (AvgIpc) is 3.04. The Morgan fingerprint density at radius 2 is 1.84 bits per heavy atom. The van der Waals surface area contributed by atoms with E-state index in [-0.39, 0.29) is 10.0 Å². The molecule has 0 radical (unpaired) electrons. The topological polar surface area (TPSA) is 93.2 Å². The second kappa shape index (κ2) is 7.26. The molecule has 2 aromatic heterocycles. The average molecular weight is 397 g/mol. The maximum atomic E-state index is 12.2. The van der Waals surface area contributed by atoms with Gasteiger partial charge in [-0.1, -0.05) is 17.7 Å². The van der Waals surface area contributed by atoms with Gasteiger partial charge in [0.15, 0.2) is 11.6 Å². The van der Waals surface area contributed by atoms with Gasteiger partial charge in [-0.25, -0.2) is 8.42 Å². The summed E-state index contributed by atoms with van der Waals surface area (Å²) in [6.45, 7) is 0. The molecule has 2 heterocycles. The van der Waals surface area contributed by atoms with Gasteiger partial charge in [-0.15, -0.1) is 21.5 Å². The van der Waals surface area contributed by atoms with E-state index in [1.54, 1.807) is 19.2 Å². The van der Waals surface area contributed by atoms with E-state index >= 15 is 0 Å². The van der Waals surface area contributed by atoms with Crippen LogP contribution in [0.15, 0.2) is 52.7 Å². The summed E-state index contributed by atoms with van der Waals surface area (Å²) < 4.78 is 32.4. The lowest BCUT2D eigenvalue weighted by atomic mass is 10.3. The van der Waals surface area contributed by atoms with E-state index in [1.165, 1.54) is 18.2 Å². The van der Waals surface area contributed by atoms with Crippen LogP contribution in [0.4, 0.5) is 17.3 Å². The minimum Gasteiger partial charge on any atom is -0.497 e. The Morgan fingerprint density at radius 1 is 1.08 bits per heavy atom. The highest BCUT2D eigenvalue weighted by molar-refractivity contribution is 7.94. The number of nitrogens with one attached hydrogen (secondary N) is 2. The first-order valence-electron chi connectivity index (χ1n) is 6.99. The third kappa shape index (κ3) is 4.38. The summed E-state index contributed by atoms with van der Waals surface area (Å²) in [6, 6.07) is 13.4.